The Kier molecular flexibility index (Phi) is 5.06. The van der Waals surface area contributed by atoms with Gasteiger partial charge < -0.3 is 19.7 Å². The monoisotopic (exact) mass is 472 g/mol. The predicted octanol–water partition coefficient (Wildman–Crippen LogP) is 2.92. The molecule has 0 radical (unpaired) electrons. The molecule has 0 bridgehead atoms. The van der Waals surface area contributed by atoms with Gasteiger partial charge in [0.15, 0.2) is 17.3 Å². The maximum absolute atomic E-state index is 15.9. The summed E-state index contributed by atoms with van der Waals surface area (Å²) in [6.45, 7) is 3.67. The first kappa shape index (κ1) is 21.4. The van der Waals surface area contributed by atoms with E-state index in [0.29, 0.717) is 22.6 Å². The molecule has 0 unspecified atom stereocenters. The zero-order chi connectivity index (χ0) is 24.1. The zero-order valence-electron chi connectivity index (χ0n) is 19.7. The maximum atomic E-state index is 15.9. The van der Waals surface area contributed by atoms with Crippen LogP contribution in [0.5, 0.6) is 0 Å². The van der Waals surface area contributed by atoms with Crippen LogP contribution in [-0.4, -0.2) is 87.3 Å². The molecule has 1 aliphatic heterocycles. The molecule has 5 aromatic heterocycles. The minimum atomic E-state index is -0.422. The Morgan fingerprint density at radius 3 is 2.69 bits per heavy atom. The van der Waals surface area contributed by atoms with Crippen LogP contribution in [-0.2, 0) is 0 Å². The standard InChI is InChI=1S/C24H25FN10/c1-33(2)15-10-14(11-26-12-15)16-13-28-22-18(19(16)25)21(31-32-22)23-29-17-4-5-27-24(20(17)30-23)35-8-6-34(3)7-9-35/h4-5,10-13H,6-9H2,1-3H3,(H,29,30)(H,28,31,32). The number of likely N-dealkylation sites (N-methyl/N-ethyl adjacent to an activating group) is 1. The van der Waals surface area contributed by atoms with Gasteiger partial charge in [-0.25, -0.2) is 19.3 Å². The van der Waals surface area contributed by atoms with Crippen molar-refractivity contribution in [2.45, 2.75) is 0 Å². The van der Waals surface area contributed by atoms with Crippen molar-refractivity contribution in [2.24, 2.45) is 0 Å². The summed E-state index contributed by atoms with van der Waals surface area (Å²) in [6.07, 6.45) is 6.63. The predicted molar refractivity (Wildman–Crippen MR) is 134 cm³/mol. The average Bonchev–Trinajstić information content (AvgIpc) is 3.49. The van der Waals surface area contributed by atoms with Crippen LogP contribution in [0.3, 0.4) is 0 Å². The molecule has 1 fully saturated rings. The number of aromatic amines is 2. The van der Waals surface area contributed by atoms with E-state index >= 15 is 4.39 Å². The first-order valence-corrected chi connectivity index (χ1v) is 11.4. The minimum Gasteiger partial charge on any atom is -0.376 e. The molecule has 6 heterocycles. The molecular formula is C24H25FN10. The second kappa shape index (κ2) is 8.27. The van der Waals surface area contributed by atoms with Crippen LogP contribution in [0.4, 0.5) is 15.9 Å². The summed E-state index contributed by atoms with van der Waals surface area (Å²) in [7, 11) is 5.95. The maximum Gasteiger partial charge on any atom is 0.184 e. The number of piperazine rings is 1. The fourth-order valence-electron chi connectivity index (χ4n) is 4.43. The van der Waals surface area contributed by atoms with Crippen LogP contribution < -0.4 is 9.80 Å². The highest BCUT2D eigenvalue weighted by Gasteiger charge is 2.23. The van der Waals surface area contributed by atoms with Crippen molar-refractivity contribution in [3.63, 3.8) is 0 Å². The number of anilines is 2. The van der Waals surface area contributed by atoms with E-state index in [1.807, 2.05) is 31.1 Å². The van der Waals surface area contributed by atoms with Crippen molar-refractivity contribution >= 4 is 33.6 Å². The van der Waals surface area contributed by atoms with Gasteiger partial charge in [-0.3, -0.25) is 10.1 Å². The Bertz CT molecular complexity index is 1530. The lowest BCUT2D eigenvalue weighted by atomic mass is 10.1. The van der Waals surface area contributed by atoms with Gasteiger partial charge >= 0.3 is 0 Å². The van der Waals surface area contributed by atoms with Gasteiger partial charge in [0, 0.05) is 70.0 Å². The van der Waals surface area contributed by atoms with E-state index in [9.17, 15) is 0 Å². The molecule has 0 saturated carbocycles. The topological polar surface area (TPSA) is 106 Å². The number of halogens is 1. The lowest BCUT2D eigenvalue weighted by Gasteiger charge is -2.33. The van der Waals surface area contributed by atoms with Gasteiger partial charge in [0.25, 0.3) is 0 Å². The second-order valence-corrected chi connectivity index (χ2v) is 9.02. The molecule has 0 atom stereocenters. The van der Waals surface area contributed by atoms with E-state index in [0.717, 1.165) is 48.7 Å². The molecular weight excluding hydrogens is 447 g/mol. The molecule has 10 nitrogen and oxygen atoms in total. The summed E-state index contributed by atoms with van der Waals surface area (Å²) in [5, 5.41) is 7.45. The van der Waals surface area contributed by atoms with Gasteiger partial charge in [-0.1, -0.05) is 0 Å². The molecule has 35 heavy (non-hydrogen) atoms. The van der Waals surface area contributed by atoms with Crippen LogP contribution in [0, 0.1) is 5.82 Å². The molecule has 1 aliphatic rings. The van der Waals surface area contributed by atoms with Crippen molar-refractivity contribution in [3.8, 4) is 22.6 Å². The number of nitrogens with one attached hydrogen (secondary N) is 2. The third-order valence-electron chi connectivity index (χ3n) is 6.49. The minimum absolute atomic E-state index is 0.283. The highest BCUT2D eigenvalue weighted by Crippen LogP contribution is 2.34. The van der Waals surface area contributed by atoms with Crippen LogP contribution in [0.2, 0.25) is 0 Å². The summed E-state index contributed by atoms with van der Waals surface area (Å²) < 4.78 is 15.9. The van der Waals surface area contributed by atoms with Gasteiger partial charge in [-0.2, -0.15) is 5.10 Å². The Morgan fingerprint density at radius 2 is 1.89 bits per heavy atom. The quantitative estimate of drug-likeness (QED) is 0.411. The number of fused-ring (bicyclic) bond motifs is 2. The molecule has 11 heteroatoms. The lowest BCUT2D eigenvalue weighted by molar-refractivity contribution is 0.312. The van der Waals surface area contributed by atoms with Crippen molar-refractivity contribution in [3.05, 3.63) is 42.7 Å². The van der Waals surface area contributed by atoms with E-state index < -0.39 is 5.82 Å². The highest BCUT2D eigenvalue weighted by molar-refractivity contribution is 5.96. The first-order valence-electron chi connectivity index (χ1n) is 11.4. The number of hydrogen-bond donors (Lipinski definition) is 2. The molecule has 5 aromatic rings. The SMILES string of the molecule is CN1CCN(c2nccc3[nH]c(-c4[nH]nc5ncc(-c6cncc(N(C)C)c6)c(F)c45)nc23)CC1. The molecule has 2 N–H and O–H groups in total. The summed E-state index contributed by atoms with van der Waals surface area (Å²) in [6, 6.07) is 3.76. The van der Waals surface area contributed by atoms with Crippen LogP contribution >= 0.6 is 0 Å². The number of nitrogens with zero attached hydrogens (tertiary/aromatic N) is 8. The van der Waals surface area contributed by atoms with Crippen LogP contribution in [0.25, 0.3) is 44.7 Å². The highest BCUT2D eigenvalue weighted by atomic mass is 19.1. The fourth-order valence-corrected chi connectivity index (χ4v) is 4.43. The Balaban J connectivity index is 1.46. The Hall–Kier alpha value is -4.12. The summed E-state index contributed by atoms with van der Waals surface area (Å²) >= 11 is 0. The summed E-state index contributed by atoms with van der Waals surface area (Å²) in [4.78, 5) is 27.9. The van der Waals surface area contributed by atoms with Gasteiger partial charge in [0.2, 0.25) is 0 Å². The second-order valence-electron chi connectivity index (χ2n) is 9.02. The third-order valence-corrected chi connectivity index (χ3v) is 6.49. The van der Waals surface area contributed by atoms with E-state index in [1.54, 1.807) is 18.6 Å². The van der Waals surface area contributed by atoms with E-state index in [4.69, 9.17) is 4.98 Å². The summed E-state index contributed by atoms with van der Waals surface area (Å²) in [5.74, 6) is 0.894. The molecule has 0 amide bonds. The molecule has 0 spiro atoms. The Labute approximate surface area is 200 Å². The number of pyridine rings is 3. The van der Waals surface area contributed by atoms with Crippen molar-refractivity contribution in [2.75, 3.05) is 57.1 Å². The normalized spacial score (nSPS) is 14.8. The average molecular weight is 473 g/mol. The lowest BCUT2D eigenvalue weighted by Crippen LogP contribution is -2.44. The molecule has 0 aliphatic carbocycles. The van der Waals surface area contributed by atoms with Crippen molar-refractivity contribution in [1.82, 2.24) is 40.0 Å². The van der Waals surface area contributed by atoms with Crippen LogP contribution in [0.15, 0.2) is 36.9 Å². The smallest absolute Gasteiger partial charge is 0.184 e. The largest absolute Gasteiger partial charge is 0.376 e. The fraction of sp³-hybridized carbons (Fsp3) is 0.292. The number of rotatable bonds is 4. The number of aromatic nitrogens is 7. The molecule has 0 aromatic carbocycles. The van der Waals surface area contributed by atoms with Gasteiger partial charge in [0.05, 0.1) is 22.8 Å². The van der Waals surface area contributed by atoms with Crippen molar-refractivity contribution < 1.29 is 4.39 Å². The number of imidazole rings is 1. The number of H-pyrrole nitrogens is 2. The molecule has 1 saturated heterocycles. The van der Waals surface area contributed by atoms with Crippen LogP contribution in [0.1, 0.15) is 0 Å². The van der Waals surface area contributed by atoms with Gasteiger partial charge in [-0.15, -0.1) is 0 Å². The van der Waals surface area contributed by atoms with Gasteiger partial charge in [-0.05, 0) is 19.2 Å². The summed E-state index contributed by atoms with van der Waals surface area (Å²) in [5.41, 5.74) is 4.19. The molecule has 6 rings (SSSR count). The van der Waals surface area contributed by atoms with Gasteiger partial charge in [0.1, 0.15) is 17.0 Å². The number of hydrogen-bond acceptors (Lipinski definition) is 8. The molecule has 178 valence electrons. The van der Waals surface area contributed by atoms with E-state index in [-0.39, 0.29) is 11.0 Å². The van der Waals surface area contributed by atoms with E-state index in [1.165, 1.54) is 6.20 Å². The third kappa shape index (κ3) is 3.64. The zero-order valence-corrected chi connectivity index (χ0v) is 19.7. The first-order chi connectivity index (χ1) is 17.0. The van der Waals surface area contributed by atoms with E-state index in [2.05, 4.69) is 47.0 Å². The Morgan fingerprint density at radius 1 is 1.06 bits per heavy atom. The van der Waals surface area contributed by atoms with Crippen molar-refractivity contribution in [1.29, 1.82) is 0 Å².